The van der Waals surface area contributed by atoms with Gasteiger partial charge in [-0.3, -0.25) is 9.78 Å². The predicted molar refractivity (Wildman–Crippen MR) is 55.2 cm³/mol. The number of pyridine rings is 1. The minimum absolute atomic E-state index is 0.162. The summed E-state index contributed by atoms with van der Waals surface area (Å²) in [6.07, 6.45) is -1.52. The van der Waals surface area contributed by atoms with Gasteiger partial charge in [0.1, 0.15) is 6.10 Å². The van der Waals surface area contributed by atoms with E-state index in [9.17, 15) is 9.90 Å². The lowest BCUT2D eigenvalue weighted by molar-refractivity contribution is -0.136. The van der Waals surface area contributed by atoms with E-state index in [4.69, 9.17) is 10.2 Å². The van der Waals surface area contributed by atoms with Crippen LogP contribution in [0, 0.1) is 0 Å². The summed E-state index contributed by atoms with van der Waals surface area (Å²) >= 11 is 0. The number of hydrogen-bond donors (Lipinski definition) is 4. The number of aromatic nitrogens is 1. The molecule has 0 aliphatic heterocycles. The minimum Gasteiger partial charge on any atom is -0.394 e. The van der Waals surface area contributed by atoms with Gasteiger partial charge in [0.25, 0.3) is 5.91 Å². The molecule has 0 bridgehead atoms. The van der Waals surface area contributed by atoms with Crippen molar-refractivity contribution in [3.8, 4) is 0 Å². The molecular formula is C10H14N2O4. The van der Waals surface area contributed by atoms with E-state index < -0.39 is 24.7 Å². The summed E-state index contributed by atoms with van der Waals surface area (Å²) in [6, 6.07) is 5.23. The topological polar surface area (TPSA) is 103 Å². The van der Waals surface area contributed by atoms with Gasteiger partial charge in [0, 0.05) is 6.20 Å². The summed E-state index contributed by atoms with van der Waals surface area (Å²) in [5.74, 6) is -0.743. The molecule has 6 heteroatoms. The summed E-state index contributed by atoms with van der Waals surface area (Å²) in [5.41, 5.74) is 0.640. The largest absolute Gasteiger partial charge is 0.394 e. The standard InChI is InChI=1S/C10H14N2O4/c13-6-8(14)9(15)10(16)12-5-7-3-1-2-4-11-7/h1-4,8-9,13-15H,5-6H2,(H,12,16). The number of amides is 1. The first-order valence-corrected chi connectivity index (χ1v) is 4.79. The highest BCUT2D eigenvalue weighted by Gasteiger charge is 2.22. The van der Waals surface area contributed by atoms with E-state index in [1.807, 2.05) is 0 Å². The lowest BCUT2D eigenvalue weighted by Gasteiger charge is -2.14. The Bertz CT molecular complexity index is 331. The average Bonchev–Trinajstić information content (AvgIpc) is 2.35. The maximum Gasteiger partial charge on any atom is 0.251 e. The fraction of sp³-hybridized carbons (Fsp3) is 0.400. The Morgan fingerprint density at radius 1 is 1.44 bits per heavy atom. The number of rotatable bonds is 5. The lowest BCUT2D eigenvalue weighted by Crippen LogP contribution is -2.43. The van der Waals surface area contributed by atoms with Crippen molar-refractivity contribution in [2.75, 3.05) is 6.61 Å². The number of nitrogens with zero attached hydrogens (tertiary/aromatic N) is 1. The lowest BCUT2D eigenvalue weighted by atomic mass is 10.2. The monoisotopic (exact) mass is 226 g/mol. The molecule has 88 valence electrons. The molecule has 1 heterocycles. The summed E-state index contributed by atoms with van der Waals surface area (Å²) in [7, 11) is 0. The number of aliphatic hydroxyl groups is 3. The molecule has 1 rings (SSSR count). The molecule has 0 radical (unpaired) electrons. The van der Waals surface area contributed by atoms with E-state index >= 15 is 0 Å². The number of carbonyl (C=O) groups excluding carboxylic acids is 1. The normalized spacial score (nSPS) is 14.2. The van der Waals surface area contributed by atoms with Gasteiger partial charge < -0.3 is 20.6 Å². The van der Waals surface area contributed by atoms with Crippen LogP contribution in [0.25, 0.3) is 0 Å². The van der Waals surface area contributed by atoms with E-state index in [1.54, 1.807) is 24.4 Å². The number of aliphatic hydroxyl groups excluding tert-OH is 3. The van der Waals surface area contributed by atoms with E-state index in [0.717, 1.165) is 0 Å². The van der Waals surface area contributed by atoms with E-state index in [1.165, 1.54) is 0 Å². The molecule has 16 heavy (non-hydrogen) atoms. The smallest absolute Gasteiger partial charge is 0.251 e. The Kier molecular flexibility index (Phi) is 4.84. The molecule has 0 spiro atoms. The summed E-state index contributed by atoms with van der Waals surface area (Å²) in [6.45, 7) is -0.507. The molecule has 0 saturated heterocycles. The highest BCUT2D eigenvalue weighted by atomic mass is 16.4. The van der Waals surface area contributed by atoms with Crippen LogP contribution in [-0.4, -0.2) is 45.0 Å². The predicted octanol–water partition coefficient (Wildman–Crippen LogP) is -1.59. The van der Waals surface area contributed by atoms with Crippen LogP contribution in [0.5, 0.6) is 0 Å². The Morgan fingerprint density at radius 2 is 2.19 bits per heavy atom. The van der Waals surface area contributed by atoms with Gasteiger partial charge in [-0.25, -0.2) is 0 Å². The second-order valence-corrected chi connectivity index (χ2v) is 3.23. The van der Waals surface area contributed by atoms with Crippen molar-refractivity contribution in [3.63, 3.8) is 0 Å². The van der Waals surface area contributed by atoms with Crippen molar-refractivity contribution in [3.05, 3.63) is 30.1 Å². The Labute approximate surface area is 92.6 Å². The third kappa shape index (κ3) is 3.58. The number of carbonyl (C=O) groups is 1. The maximum atomic E-state index is 11.3. The molecule has 1 aromatic heterocycles. The summed E-state index contributed by atoms with van der Waals surface area (Å²) in [4.78, 5) is 15.2. The van der Waals surface area contributed by atoms with Crippen LogP contribution in [0.1, 0.15) is 5.69 Å². The van der Waals surface area contributed by atoms with Crippen molar-refractivity contribution in [2.45, 2.75) is 18.8 Å². The molecule has 1 amide bonds. The second-order valence-electron chi connectivity index (χ2n) is 3.23. The molecule has 4 N–H and O–H groups in total. The molecule has 0 aromatic carbocycles. The Morgan fingerprint density at radius 3 is 2.75 bits per heavy atom. The number of nitrogens with one attached hydrogen (secondary N) is 1. The molecule has 0 aliphatic carbocycles. The molecule has 0 aliphatic rings. The van der Waals surface area contributed by atoms with Gasteiger partial charge in [-0.15, -0.1) is 0 Å². The molecule has 6 nitrogen and oxygen atoms in total. The van der Waals surface area contributed by atoms with Gasteiger partial charge in [0.15, 0.2) is 6.10 Å². The van der Waals surface area contributed by atoms with Crippen LogP contribution in [0.3, 0.4) is 0 Å². The summed E-state index contributed by atoms with van der Waals surface area (Å²) < 4.78 is 0. The van der Waals surface area contributed by atoms with Gasteiger partial charge in [0.05, 0.1) is 18.8 Å². The van der Waals surface area contributed by atoms with Gasteiger partial charge in [0.2, 0.25) is 0 Å². The van der Waals surface area contributed by atoms with Gasteiger partial charge in [-0.2, -0.15) is 0 Å². The number of hydrogen-bond acceptors (Lipinski definition) is 5. The van der Waals surface area contributed by atoms with Crippen LogP contribution in [0.15, 0.2) is 24.4 Å². The van der Waals surface area contributed by atoms with Crippen molar-refractivity contribution in [1.29, 1.82) is 0 Å². The van der Waals surface area contributed by atoms with Crippen molar-refractivity contribution in [2.24, 2.45) is 0 Å². The van der Waals surface area contributed by atoms with Crippen LogP contribution < -0.4 is 5.32 Å². The van der Waals surface area contributed by atoms with Gasteiger partial charge in [-0.1, -0.05) is 6.07 Å². The van der Waals surface area contributed by atoms with Crippen molar-refractivity contribution in [1.82, 2.24) is 10.3 Å². The van der Waals surface area contributed by atoms with E-state index in [2.05, 4.69) is 10.3 Å². The third-order valence-electron chi connectivity index (χ3n) is 1.99. The molecule has 0 saturated carbocycles. The molecule has 2 unspecified atom stereocenters. The maximum absolute atomic E-state index is 11.3. The average molecular weight is 226 g/mol. The van der Waals surface area contributed by atoms with Crippen LogP contribution in [-0.2, 0) is 11.3 Å². The van der Waals surface area contributed by atoms with Crippen LogP contribution >= 0.6 is 0 Å². The fourth-order valence-corrected chi connectivity index (χ4v) is 1.06. The first kappa shape index (κ1) is 12.6. The first-order chi connectivity index (χ1) is 7.65. The SMILES string of the molecule is O=C(NCc1ccccn1)C(O)C(O)CO. The van der Waals surface area contributed by atoms with Crippen molar-refractivity contribution < 1.29 is 20.1 Å². The zero-order valence-corrected chi connectivity index (χ0v) is 8.58. The van der Waals surface area contributed by atoms with Gasteiger partial charge in [-0.05, 0) is 12.1 Å². The quantitative estimate of drug-likeness (QED) is 0.485. The van der Waals surface area contributed by atoms with Gasteiger partial charge >= 0.3 is 0 Å². The molecule has 2 atom stereocenters. The van der Waals surface area contributed by atoms with E-state index in [-0.39, 0.29) is 6.54 Å². The first-order valence-electron chi connectivity index (χ1n) is 4.79. The highest BCUT2D eigenvalue weighted by molar-refractivity contribution is 5.81. The zero-order chi connectivity index (χ0) is 12.0. The fourth-order valence-electron chi connectivity index (χ4n) is 1.06. The third-order valence-corrected chi connectivity index (χ3v) is 1.99. The molecular weight excluding hydrogens is 212 g/mol. The second kappa shape index (κ2) is 6.16. The summed E-state index contributed by atoms with van der Waals surface area (Å²) in [5, 5.41) is 29.2. The van der Waals surface area contributed by atoms with Crippen molar-refractivity contribution >= 4 is 5.91 Å². The minimum atomic E-state index is -1.63. The zero-order valence-electron chi connectivity index (χ0n) is 8.58. The molecule has 0 fully saturated rings. The Hall–Kier alpha value is -1.50. The Balaban J connectivity index is 2.41. The van der Waals surface area contributed by atoms with E-state index in [0.29, 0.717) is 5.69 Å². The van der Waals surface area contributed by atoms with Crippen LogP contribution in [0.2, 0.25) is 0 Å². The van der Waals surface area contributed by atoms with Crippen LogP contribution in [0.4, 0.5) is 0 Å². The highest BCUT2D eigenvalue weighted by Crippen LogP contribution is 1.95. The molecule has 1 aromatic rings.